The summed E-state index contributed by atoms with van der Waals surface area (Å²) in [5.74, 6) is -0.841. The lowest BCUT2D eigenvalue weighted by atomic mass is 9.77. The van der Waals surface area contributed by atoms with Crippen LogP contribution in [-0.4, -0.2) is 22.3 Å². The van der Waals surface area contributed by atoms with Gasteiger partial charge in [0.25, 0.3) is 0 Å². The molecule has 78 valence electrons. The maximum atomic E-state index is 10.8. The van der Waals surface area contributed by atoms with Crippen LogP contribution in [0, 0.1) is 5.92 Å². The van der Waals surface area contributed by atoms with Crippen LogP contribution in [0.25, 0.3) is 0 Å². The highest BCUT2D eigenvalue weighted by Gasteiger charge is 2.29. The van der Waals surface area contributed by atoms with Gasteiger partial charge in [-0.05, 0) is 38.5 Å². The van der Waals surface area contributed by atoms with Crippen LogP contribution < -0.4 is 0 Å². The molecule has 2 rings (SSSR count). The normalized spacial score (nSPS) is 32.6. The zero-order valence-corrected chi connectivity index (χ0v) is 8.20. The highest BCUT2D eigenvalue weighted by Crippen LogP contribution is 2.38. The minimum absolute atomic E-state index is 0.177. The highest BCUT2D eigenvalue weighted by atomic mass is 16.4. The van der Waals surface area contributed by atoms with E-state index in [4.69, 9.17) is 5.11 Å². The standard InChI is InChI=1S/C11H16O3/c12-10-4-3-7-5-9(11(13)14)2-1-8(7)6-10/h9-10,12H,1-6H2,(H,13,14). The molecule has 0 heterocycles. The largest absolute Gasteiger partial charge is 0.481 e. The van der Waals surface area contributed by atoms with E-state index in [1.165, 1.54) is 11.1 Å². The van der Waals surface area contributed by atoms with Crippen molar-refractivity contribution in [3.05, 3.63) is 11.1 Å². The molecule has 0 aliphatic heterocycles. The van der Waals surface area contributed by atoms with Crippen LogP contribution in [0.4, 0.5) is 0 Å². The number of aliphatic carboxylic acids is 1. The third-order valence-electron chi connectivity index (χ3n) is 3.40. The zero-order chi connectivity index (χ0) is 10.1. The van der Waals surface area contributed by atoms with Crippen LogP contribution in [0.15, 0.2) is 11.1 Å². The van der Waals surface area contributed by atoms with Crippen LogP contribution in [0.1, 0.15) is 38.5 Å². The summed E-state index contributed by atoms with van der Waals surface area (Å²) in [6.07, 6.45) is 4.66. The highest BCUT2D eigenvalue weighted by molar-refractivity contribution is 5.70. The van der Waals surface area contributed by atoms with Gasteiger partial charge in [0.15, 0.2) is 0 Å². The van der Waals surface area contributed by atoms with Crippen molar-refractivity contribution >= 4 is 5.97 Å². The van der Waals surface area contributed by atoms with Gasteiger partial charge in [-0.25, -0.2) is 0 Å². The summed E-state index contributed by atoms with van der Waals surface area (Å²) in [4.78, 5) is 10.8. The number of allylic oxidation sites excluding steroid dienone is 1. The van der Waals surface area contributed by atoms with Gasteiger partial charge in [-0.3, -0.25) is 4.79 Å². The number of carboxylic acid groups (broad SMARTS) is 1. The van der Waals surface area contributed by atoms with E-state index in [1.807, 2.05) is 0 Å². The van der Waals surface area contributed by atoms with Gasteiger partial charge in [0.2, 0.25) is 0 Å². The summed E-state index contributed by atoms with van der Waals surface area (Å²) in [5.41, 5.74) is 2.65. The monoisotopic (exact) mass is 196 g/mol. The fraction of sp³-hybridized carbons (Fsp3) is 0.727. The number of aliphatic hydroxyl groups excluding tert-OH is 1. The lowest BCUT2D eigenvalue weighted by molar-refractivity contribution is -0.142. The summed E-state index contributed by atoms with van der Waals surface area (Å²) in [7, 11) is 0. The Kier molecular flexibility index (Phi) is 2.59. The Morgan fingerprint density at radius 3 is 2.50 bits per heavy atom. The molecule has 0 bridgehead atoms. The molecular formula is C11H16O3. The van der Waals surface area contributed by atoms with Crippen molar-refractivity contribution < 1.29 is 15.0 Å². The molecule has 0 aromatic carbocycles. The first kappa shape index (κ1) is 9.71. The van der Waals surface area contributed by atoms with Gasteiger partial charge in [0.1, 0.15) is 0 Å². The quantitative estimate of drug-likeness (QED) is 0.628. The molecule has 0 saturated heterocycles. The minimum Gasteiger partial charge on any atom is -0.481 e. The van der Waals surface area contributed by atoms with Gasteiger partial charge in [-0.1, -0.05) is 11.1 Å². The summed E-state index contributed by atoms with van der Waals surface area (Å²) < 4.78 is 0. The van der Waals surface area contributed by atoms with E-state index in [1.54, 1.807) is 0 Å². The average Bonchev–Trinajstić information content (AvgIpc) is 2.16. The van der Waals surface area contributed by atoms with Crippen molar-refractivity contribution in [3.8, 4) is 0 Å². The number of carbonyl (C=O) groups is 1. The molecule has 0 fully saturated rings. The molecule has 2 N–H and O–H groups in total. The number of rotatable bonds is 1. The molecule has 0 amide bonds. The topological polar surface area (TPSA) is 57.5 Å². The fourth-order valence-electron chi connectivity index (χ4n) is 2.53. The molecule has 3 heteroatoms. The van der Waals surface area contributed by atoms with Crippen molar-refractivity contribution in [2.24, 2.45) is 5.92 Å². The molecule has 0 saturated carbocycles. The second-order valence-corrected chi connectivity index (χ2v) is 4.38. The van der Waals surface area contributed by atoms with Crippen LogP contribution in [0.3, 0.4) is 0 Å². The van der Waals surface area contributed by atoms with Gasteiger partial charge in [-0.15, -0.1) is 0 Å². The molecule has 2 atom stereocenters. The molecule has 2 aliphatic rings. The second kappa shape index (κ2) is 3.73. The minimum atomic E-state index is -0.664. The Hall–Kier alpha value is -0.830. The zero-order valence-electron chi connectivity index (χ0n) is 8.20. The second-order valence-electron chi connectivity index (χ2n) is 4.38. The van der Waals surface area contributed by atoms with Crippen molar-refractivity contribution in [2.75, 3.05) is 0 Å². The SMILES string of the molecule is O=C(O)C1CCC2=C(CCC(O)C2)C1. The Morgan fingerprint density at radius 2 is 1.79 bits per heavy atom. The predicted octanol–water partition coefficient (Wildman–Crippen LogP) is 1.71. The van der Waals surface area contributed by atoms with Gasteiger partial charge >= 0.3 is 5.97 Å². The fourth-order valence-corrected chi connectivity index (χ4v) is 2.53. The van der Waals surface area contributed by atoms with Gasteiger partial charge in [-0.2, -0.15) is 0 Å². The van der Waals surface area contributed by atoms with E-state index in [-0.39, 0.29) is 12.0 Å². The molecule has 0 aromatic heterocycles. The van der Waals surface area contributed by atoms with Crippen LogP contribution in [0.5, 0.6) is 0 Å². The molecule has 2 unspecified atom stereocenters. The molecule has 14 heavy (non-hydrogen) atoms. The van der Waals surface area contributed by atoms with E-state index in [2.05, 4.69) is 0 Å². The van der Waals surface area contributed by atoms with Gasteiger partial charge in [0.05, 0.1) is 12.0 Å². The molecule has 2 aliphatic carbocycles. The molecular weight excluding hydrogens is 180 g/mol. The van der Waals surface area contributed by atoms with Crippen LogP contribution in [0.2, 0.25) is 0 Å². The number of aliphatic hydroxyl groups is 1. The first-order valence-electron chi connectivity index (χ1n) is 5.27. The first-order valence-corrected chi connectivity index (χ1v) is 5.27. The van der Waals surface area contributed by atoms with Gasteiger partial charge in [0, 0.05) is 0 Å². The lowest BCUT2D eigenvalue weighted by Gasteiger charge is -2.30. The van der Waals surface area contributed by atoms with Crippen molar-refractivity contribution in [3.63, 3.8) is 0 Å². The van der Waals surface area contributed by atoms with Crippen LogP contribution in [-0.2, 0) is 4.79 Å². The Morgan fingerprint density at radius 1 is 1.14 bits per heavy atom. The number of hydrogen-bond donors (Lipinski definition) is 2. The average molecular weight is 196 g/mol. The molecule has 0 radical (unpaired) electrons. The van der Waals surface area contributed by atoms with E-state index in [0.717, 1.165) is 38.5 Å². The third kappa shape index (κ3) is 1.82. The summed E-state index contributed by atoms with van der Waals surface area (Å²) in [5, 5.41) is 18.4. The van der Waals surface area contributed by atoms with E-state index in [0.29, 0.717) is 0 Å². The maximum absolute atomic E-state index is 10.8. The number of hydrogen-bond acceptors (Lipinski definition) is 2. The summed E-state index contributed by atoms with van der Waals surface area (Å²) >= 11 is 0. The Bertz CT molecular complexity index is 280. The number of carboxylic acids is 1. The molecule has 0 aromatic rings. The third-order valence-corrected chi connectivity index (χ3v) is 3.40. The first-order chi connectivity index (χ1) is 6.66. The van der Waals surface area contributed by atoms with E-state index < -0.39 is 5.97 Å². The van der Waals surface area contributed by atoms with Crippen molar-refractivity contribution in [1.82, 2.24) is 0 Å². The van der Waals surface area contributed by atoms with Crippen molar-refractivity contribution in [1.29, 1.82) is 0 Å². The smallest absolute Gasteiger partial charge is 0.306 e. The summed E-state index contributed by atoms with van der Waals surface area (Å²) in [6.45, 7) is 0. The predicted molar refractivity (Wildman–Crippen MR) is 51.9 cm³/mol. The van der Waals surface area contributed by atoms with Gasteiger partial charge < -0.3 is 10.2 Å². The van der Waals surface area contributed by atoms with E-state index in [9.17, 15) is 9.90 Å². The maximum Gasteiger partial charge on any atom is 0.306 e. The molecule has 0 spiro atoms. The lowest BCUT2D eigenvalue weighted by Crippen LogP contribution is -2.24. The Labute approximate surface area is 83.4 Å². The summed E-state index contributed by atoms with van der Waals surface area (Å²) in [6, 6.07) is 0. The van der Waals surface area contributed by atoms with Crippen LogP contribution >= 0.6 is 0 Å². The van der Waals surface area contributed by atoms with Crippen molar-refractivity contribution in [2.45, 2.75) is 44.6 Å². The van der Waals surface area contributed by atoms with E-state index >= 15 is 0 Å². The molecule has 3 nitrogen and oxygen atoms in total. The Balaban J connectivity index is 2.09.